The molecule has 3 heteroatoms. The molecule has 0 spiro atoms. The van der Waals surface area contributed by atoms with Crippen LogP contribution in [0.4, 0.5) is 0 Å². The summed E-state index contributed by atoms with van der Waals surface area (Å²) in [7, 11) is 0. The van der Waals surface area contributed by atoms with E-state index >= 15 is 0 Å². The second-order valence-electron chi connectivity index (χ2n) is 3.76. The van der Waals surface area contributed by atoms with Crippen molar-refractivity contribution in [3.63, 3.8) is 0 Å². The highest BCUT2D eigenvalue weighted by molar-refractivity contribution is 5.81. The summed E-state index contributed by atoms with van der Waals surface area (Å²) in [5.74, 6) is 1.31. The zero-order chi connectivity index (χ0) is 10.1. The van der Waals surface area contributed by atoms with E-state index in [1.807, 2.05) is 18.2 Å². The van der Waals surface area contributed by atoms with Crippen LogP contribution in [0, 0.1) is 0 Å². The average molecular weight is 190 g/mol. The third kappa shape index (κ3) is 1.40. The van der Waals surface area contributed by atoms with Gasteiger partial charge in [-0.05, 0) is 17.7 Å². The lowest BCUT2D eigenvalue weighted by atomic mass is 10.1. The lowest BCUT2D eigenvalue weighted by molar-refractivity contribution is 0.378. The maximum Gasteiger partial charge on any atom is 0.147 e. The largest absolute Gasteiger partial charge is 0.360 e. The molecule has 1 heterocycles. The van der Waals surface area contributed by atoms with Gasteiger partial charge in [-0.2, -0.15) is 0 Å². The molecule has 0 aliphatic heterocycles. The molecule has 0 aliphatic carbocycles. The van der Waals surface area contributed by atoms with E-state index < -0.39 is 0 Å². The first-order valence-electron chi connectivity index (χ1n) is 4.80. The van der Waals surface area contributed by atoms with Crippen LogP contribution in [-0.2, 0) is 6.54 Å². The second kappa shape index (κ2) is 3.42. The van der Waals surface area contributed by atoms with Crippen LogP contribution in [0.15, 0.2) is 22.7 Å². The molecule has 0 unspecified atom stereocenters. The van der Waals surface area contributed by atoms with Gasteiger partial charge in [0.1, 0.15) is 11.3 Å². The van der Waals surface area contributed by atoms with Gasteiger partial charge in [-0.1, -0.05) is 25.1 Å². The third-order valence-electron chi connectivity index (χ3n) is 2.33. The molecule has 0 bridgehead atoms. The molecule has 2 N–H and O–H groups in total. The van der Waals surface area contributed by atoms with Crippen LogP contribution in [0.3, 0.4) is 0 Å². The SMILES string of the molecule is CC(C)c1onc2cc(CN)ccc12. The number of rotatable bonds is 2. The first-order valence-corrected chi connectivity index (χ1v) is 4.80. The van der Waals surface area contributed by atoms with Crippen molar-refractivity contribution in [2.24, 2.45) is 5.73 Å². The van der Waals surface area contributed by atoms with Crippen LogP contribution in [0.5, 0.6) is 0 Å². The molecule has 74 valence electrons. The standard InChI is InChI=1S/C11H14N2O/c1-7(2)11-9-4-3-8(6-12)5-10(9)13-14-11/h3-5,7H,6,12H2,1-2H3. The van der Waals surface area contributed by atoms with Crippen LogP contribution >= 0.6 is 0 Å². The summed E-state index contributed by atoms with van der Waals surface area (Å²) in [4.78, 5) is 0. The second-order valence-corrected chi connectivity index (χ2v) is 3.76. The van der Waals surface area contributed by atoms with Crippen molar-refractivity contribution in [3.8, 4) is 0 Å². The number of hydrogen-bond acceptors (Lipinski definition) is 3. The zero-order valence-electron chi connectivity index (χ0n) is 8.45. The van der Waals surface area contributed by atoms with Gasteiger partial charge >= 0.3 is 0 Å². The van der Waals surface area contributed by atoms with Crippen molar-refractivity contribution in [1.29, 1.82) is 0 Å². The van der Waals surface area contributed by atoms with E-state index in [0.717, 1.165) is 22.2 Å². The number of fused-ring (bicyclic) bond motifs is 1. The Morgan fingerprint density at radius 1 is 1.43 bits per heavy atom. The Hall–Kier alpha value is -1.35. The van der Waals surface area contributed by atoms with Crippen molar-refractivity contribution in [1.82, 2.24) is 5.16 Å². The molecule has 0 radical (unpaired) electrons. The highest BCUT2D eigenvalue weighted by Crippen LogP contribution is 2.25. The quantitative estimate of drug-likeness (QED) is 0.791. The topological polar surface area (TPSA) is 52.0 Å². The molecule has 3 nitrogen and oxygen atoms in total. The molecule has 2 rings (SSSR count). The molecule has 0 saturated heterocycles. The van der Waals surface area contributed by atoms with Gasteiger partial charge in [-0.15, -0.1) is 0 Å². The summed E-state index contributed by atoms with van der Waals surface area (Å²) in [6.45, 7) is 4.73. The van der Waals surface area contributed by atoms with Crippen LogP contribution in [0.25, 0.3) is 10.9 Å². The Bertz CT molecular complexity index is 445. The Morgan fingerprint density at radius 2 is 2.21 bits per heavy atom. The van der Waals surface area contributed by atoms with Gasteiger partial charge in [0.05, 0.1) is 0 Å². The van der Waals surface area contributed by atoms with Crippen LogP contribution in [0.2, 0.25) is 0 Å². The van der Waals surface area contributed by atoms with Gasteiger partial charge in [0.2, 0.25) is 0 Å². The fourth-order valence-corrected chi connectivity index (χ4v) is 1.55. The maximum absolute atomic E-state index is 5.55. The molecule has 0 amide bonds. The van der Waals surface area contributed by atoms with E-state index in [1.165, 1.54) is 0 Å². The summed E-state index contributed by atoms with van der Waals surface area (Å²) in [6.07, 6.45) is 0. The Labute approximate surface area is 82.9 Å². The smallest absolute Gasteiger partial charge is 0.147 e. The van der Waals surface area contributed by atoms with E-state index in [2.05, 4.69) is 19.0 Å². The summed E-state index contributed by atoms with van der Waals surface area (Å²) in [6, 6.07) is 6.03. The summed E-state index contributed by atoms with van der Waals surface area (Å²) < 4.78 is 5.29. The summed E-state index contributed by atoms with van der Waals surface area (Å²) >= 11 is 0. The number of aromatic nitrogens is 1. The predicted octanol–water partition coefficient (Wildman–Crippen LogP) is 2.41. The molecule has 0 saturated carbocycles. The lowest BCUT2D eigenvalue weighted by Gasteiger charge is -1.99. The van der Waals surface area contributed by atoms with E-state index in [4.69, 9.17) is 10.3 Å². The minimum atomic E-state index is 0.365. The van der Waals surface area contributed by atoms with Gasteiger partial charge in [0.15, 0.2) is 0 Å². The molecule has 0 fully saturated rings. The van der Waals surface area contributed by atoms with E-state index in [-0.39, 0.29) is 0 Å². The number of nitrogens with two attached hydrogens (primary N) is 1. The van der Waals surface area contributed by atoms with Crippen molar-refractivity contribution in [2.45, 2.75) is 26.3 Å². The highest BCUT2D eigenvalue weighted by Gasteiger charge is 2.11. The van der Waals surface area contributed by atoms with Crippen LogP contribution < -0.4 is 5.73 Å². The maximum atomic E-state index is 5.55. The van der Waals surface area contributed by atoms with E-state index in [1.54, 1.807) is 0 Å². The van der Waals surface area contributed by atoms with E-state index in [9.17, 15) is 0 Å². The Morgan fingerprint density at radius 3 is 2.86 bits per heavy atom. The number of benzene rings is 1. The van der Waals surface area contributed by atoms with E-state index in [0.29, 0.717) is 12.5 Å². The molecule has 2 aromatic rings. The normalized spacial score (nSPS) is 11.4. The molecular formula is C11H14N2O. The lowest BCUT2D eigenvalue weighted by Crippen LogP contribution is -1.95. The minimum absolute atomic E-state index is 0.365. The zero-order valence-corrected chi connectivity index (χ0v) is 8.45. The molecule has 1 aromatic heterocycles. The number of hydrogen-bond donors (Lipinski definition) is 1. The molecular weight excluding hydrogens is 176 g/mol. The average Bonchev–Trinajstić information content (AvgIpc) is 2.59. The van der Waals surface area contributed by atoms with Gasteiger partial charge in [0, 0.05) is 17.8 Å². The molecule has 0 atom stereocenters. The molecule has 14 heavy (non-hydrogen) atoms. The van der Waals surface area contributed by atoms with Crippen molar-refractivity contribution in [2.75, 3.05) is 0 Å². The van der Waals surface area contributed by atoms with Crippen LogP contribution in [0.1, 0.15) is 31.1 Å². The van der Waals surface area contributed by atoms with Crippen molar-refractivity contribution in [3.05, 3.63) is 29.5 Å². The van der Waals surface area contributed by atoms with Gasteiger partial charge < -0.3 is 10.3 Å². The monoisotopic (exact) mass is 190 g/mol. The predicted molar refractivity (Wildman–Crippen MR) is 56.0 cm³/mol. The first kappa shape index (κ1) is 9.21. The Balaban J connectivity index is 2.59. The van der Waals surface area contributed by atoms with Crippen molar-refractivity contribution >= 4 is 10.9 Å². The first-order chi connectivity index (χ1) is 6.72. The minimum Gasteiger partial charge on any atom is -0.360 e. The third-order valence-corrected chi connectivity index (χ3v) is 2.33. The van der Waals surface area contributed by atoms with Crippen molar-refractivity contribution < 1.29 is 4.52 Å². The fraction of sp³-hybridized carbons (Fsp3) is 0.364. The van der Waals surface area contributed by atoms with Gasteiger partial charge in [0.25, 0.3) is 0 Å². The Kier molecular flexibility index (Phi) is 2.25. The van der Waals surface area contributed by atoms with Crippen LogP contribution in [-0.4, -0.2) is 5.16 Å². The van der Waals surface area contributed by atoms with Gasteiger partial charge in [-0.25, -0.2) is 0 Å². The van der Waals surface area contributed by atoms with Gasteiger partial charge in [-0.3, -0.25) is 0 Å². The summed E-state index contributed by atoms with van der Waals surface area (Å²) in [5, 5.41) is 5.11. The highest BCUT2D eigenvalue weighted by atomic mass is 16.5. The molecule has 1 aromatic carbocycles. The molecule has 0 aliphatic rings. The fourth-order valence-electron chi connectivity index (χ4n) is 1.55. The summed E-state index contributed by atoms with van der Waals surface area (Å²) in [5.41, 5.74) is 7.53. The number of nitrogens with zero attached hydrogens (tertiary/aromatic N) is 1.